The smallest absolute Gasteiger partial charge is 0.500 e. The van der Waals surface area contributed by atoms with Gasteiger partial charge in [0.1, 0.15) is 5.58 Å². The molecule has 0 aliphatic heterocycles. The third kappa shape index (κ3) is 8.93. The summed E-state index contributed by atoms with van der Waals surface area (Å²) in [6.07, 6.45) is -14.6. The molecule has 0 amide bonds. The first-order chi connectivity index (χ1) is 34.3. The fourth-order valence-electron chi connectivity index (χ4n) is 7.11. The number of furan rings is 1. The predicted molar refractivity (Wildman–Crippen MR) is 245 cm³/mol. The van der Waals surface area contributed by atoms with E-state index in [0.29, 0.717) is 67.2 Å². The average molecular weight is 994 g/mol. The van der Waals surface area contributed by atoms with Gasteiger partial charge in [-0.1, -0.05) is 70.1 Å². The zero-order valence-electron chi connectivity index (χ0n) is 46.2. The zero-order chi connectivity index (χ0) is 52.6. The standard InChI is InChI=1S/C56H45N4O.Ir/c1-36-26-52(43-12-7-5-8-13-43)58-33-46(36)21-18-40-29-41(19-22-47-34-59-53(27-37(47)2)44-14-9-6-10-15-44)31-42(30-40)20-23-48-35-60-54(28-38(48)3)51-17-11-16-49-50-25-24-45(32-57)39(4)55(50)61-56(49)51;/h5-12,14,16,24-31,33-35H,18-23H2,1-4H3;/q-3;+3/i18D2,19D2,20D2,21D2,22D2,23D2;. The largest absolute Gasteiger partial charge is 3.00 e. The van der Waals surface area contributed by atoms with Crippen molar-refractivity contribution in [3.8, 4) is 39.8 Å². The van der Waals surface area contributed by atoms with E-state index in [9.17, 15) is 21.7 Å². The van der Waals surface area contributed by atoms with Crippen molar-refractivity contribution in [1.82, 2.24) is 15.0 Å². The summed E-state index contributed by atoms with van der Waals surface area (Å²) in [5.41, 5.74) is 3.64. The second-order valence-corrected chi connectivity index (χ2v) is 14.7. The summed E-state index contributed by atoms with van der Waals surface area (Å²) in [5.74, 6) is 0. The van der Waals surface area contributed by atoms with E-state index in [4.69, 9.17) is 4.42 Å². The number of hydrogen-bond acceptors (Lipinski definition) is 5. The summed E-state index contributed by atoms with van der Waals surface area (Å²) in [6, 6.07) is 40.3. The Kier molecular flexibility index (Phi) is 8.92. The van der Waals surface area contributed by atoms with Gasteiger partial charge < -0.3 is 19.4 Å². The number of nitrogens with zero attached hydrogens (tertiary/aromatic N) is 4. The van der Waals surface area contributed by atoms with E-state index < -0.39 is 54.9 Å². The summed E-state index contributed by atoms with van der Waals surface area (Å²) >= 11 is 0. The van der Waals surface area contributed by atoms with Gasteiger partial charge in [-0.3, -0.25) is 0 Å². The molecule has 6 heteroatoms. The molecule has 0 spiro atoms. The maximum Gasteiger partial charge on any atom is 3.00 e. The fourth-order valence-corrected chi connectivity index (χ4v) is 7.11. The van der Waals surface area contributed by atoms with Crippen molar-refractivity contribution in [1.29, 1.82) is 5.26 Å². The van der Waals surface area contributed by atoms with Crippen LogP contribution in [0.4, 0.5) is 0 Å². The Labute approximate surface area is 394 Å². The van der Waals surface area contributed by atoms with Crippen molar-refractivity contribution in [3.05, 3.63) is 207 Å². The Morgan fingerprint density at radius 2 is 1.03 bits per heavy atom. The molecule has 0 unspecified atom stereocenters. The molecule has 0 fully saturated rings. The third-order valence-electron chi connectivity index (χ3n) is 10.5. The third-order valence-corrected chi connectivity index (χ3v) is 10.5. The van der Waals surface area contributed by atoms with Crippen LogP contribution in [0.2, 0.25) is 0 Å². The van der Waals surface area contributed by atoms with Gasteiger partial charge in [-0.25, -0.2) is 0 Å². The molecule has 0 saturated carbocycles. The molecule has 9 aromatic rings. The molecular formula is C56H45IrN4O. The van der Waals surface area contributed by atoms with E-state index in [0.717, 1.165) is 29.0 Å². The molecule has 0 saturated heterocycles. The summed E-state index contributed by atoms with van der Waals surface area (Å²) < 4.78 is 120. The van der Waals surface area contributed by atoms with E-state index >= 15 is 0 Å². The van der Waals surface area contributed by atoms with Gasteiger partial charge >= 0.3 is 20.1 Å². The molecule has 0 bridgehead atoms. The fraction of sp³-hybridized carbons (Fsp3) is 0.179. The first-order valence-electron chi connectivity index (χ1n) is 25.6. The topological polar surface area (TPSA) is 75.6 Å². The van der Waals surface area contributed by atoms with Gasteiger partial charge in [0.15, 0.2) is 0 Å². The van der Waals surface area contributed by atoms with Crippen LogP contribution in [0.3, 0.4) is 0 Å². The second-order valence-electron chi connectivity index (χ2n) is 14.7. The van der Waals surface area contributed by atoms with Gasteiger partial charge in [0.25, 0.3) is 0 Å². The maximum absolute atomic E-state index is 9.65. The molecule has 304 valence electrons. The molecule has 5 aromatic carbocycles. The van der Waals surface area contributed by atoms with Gasteiger partial charge in [0.2, 0.25) is 0 Å². The molecule has 9 rings (SSSR count). The van der Waals surface area contributed by atoms with Gasteiger partial charge in [-0.05, 0) is 122 Å². The second kappa shape index (κ2) is 18.6. The molecule has 0 atom stereocenters. The molecule has 0 radical (unpaired) electrons. The average Bonchev–Trinajstić information content (AvgIpc) is 3.76. The van der Waals surface area contributed by atoms with Crippen LogP contribution in [0, 0.1) is 57.2 Å². The van der Waals surface area contributed by atoms with Crippen LogP contribution in [0.15, 0.2) is 132 Å². The molecule has 5 nitrogen and oxygen atoms in total. The van der Waals surface area contributed by atoms with E-state index in [1.807, 2.05) is 6.07 Å². The predicted octanol–water partition coefficient (Wildman–Crippen LogP) is 12.6. The minimum absolute atomic E-state index is 0. The SMILES string of the molecule is [2H]C([2H])(c1cc(C([2H])([2H])C([2H])([2H])c2cnc(-c3[c-]cccc3)cc2C)cc(C([2H])([2H])C([2H])([2H])c2cnc(-c3[c-]ccc4c3oc3c(C)c(C#N)ccc34)cc2C)c1)C([2H])([2H])c1cnc(-c2[c-]cccc2)cc1C.[Ir+3]. The normalized spacial score (nSPS) is 15.4. The Balaban J connectivity index is 0.00000729. The molecular weight excluding hydrogens is 937 g/mol. The van der Waals surface area contributed by atoms with Crippen LogP contribution >= 0.6 is 0 Å². The van der Waals surface area contributed by atoms with E-state index in [2.05, 4.69) is 39.2 Å². The Bertz CT molecular complexity index is 3540. The first-order valence-corrected chi connectivity index (χ1v) is 19.6. The maximum atomic E-state index is 9.65. The van der Waals surface area contributed by atoms with Gasteiger partial charge in [-0.15, -0.1) is 90.0 Å². The van der Waals surface area contributed by atoms with Crippen molar-refractivity contribution < 1.29 is 41.0 Å². The molecule has 62 heavy (non-hydrogen) atoms. The molecule has 4 heterocycles. The van der Waals surface area contributed by atoms with Crippen LogP contribution in [-0.2, 0) is 58.3 Å². The number of fused-ring (bicyclic) bond motifs is 3. The quantitative estimate of drug-likeness (QED) is 0.114. The molecule has 4 aromatic heterocycles. The Hall–Kier alpha value is -6.51. The number of aryl methyl sites for hydroxylation is 10. The van der Waals surface area contributed by atoms with Crippen molar-refractivity contribution in [3.63, 3.8) is 0 Å². The number of pyridine rings is 3. The van der Waals surface area contributed by atoms with E-state index in [1.54, 1.807) is 113 Å². The van der Waals surface area contributed by atoms with Crippen LogP contribution in [-0.4, -0.2) is 15.0 Å². The van der Waals surface area contributed by atoms with Crippen LogP contribution < -0.4 is 0 Å². The monoisotopic (exact) mass is 994 g/mol. The number of benzene rings is 5. The summed E-state index contributed by atoms with van der Waals surface area (Å²) in [7, 11) is 0. The number of nitriles is 1. The molecule has 0 N–H and O–H groups in total. The number of hydrogen-bond donors (Lipinski definition) is 0. The van der Waals surface area contributed by atoms with Crippen molar-refractivity contribution in [2.24, 2.45) is 0 Å². The van der Waals surface area contributed by atoms with E-state index in [1.165, 1.54) is 18.6 Å². The van der Waals surface area contributed by atoms with Crippen LogP contribution in [0.25, 0.3) is 55.7 Å². The number of aromatic nitrogens is 3. The Morgan fingerprint density at radius 1 is 0.548 bits per heavy atom. The molecule has 0 aliphatic rings. The summed E-state index contributed by atoms with van der Waals surface area (Å²) in [4.78, 5) is 13.5. The zero-order valence-corrected chi connectivity index (χ0v) is 36.5. The van der Waals surface area contributed by atoms with Crippen LogP contribution in [0.1, 0.15) is 77.6 Å². The minimum Gasteiger partial charge on any atom is -0.500 e. The van der Waals surface area contributed by atoms with Gasteiger partial charge in [-0.2, -0.15) is 5.26 Å². The first kappa shape index (κ1) is 29.7. The number of rotatable bonds is 12. The summed E-state index contributed by atoms with van der Waals surface area (Å²) in [6.45, 7) is 6.56. The van der Waals surface area contributed by atoms with E-state index in [-0.39, 0.29) is 42.4 Å². The molecule has 0 aliphatic carbocycles. The van der Waals surface area contributed by atoms with Crippen molar-refractivity contribution in [2.45, 2.75) is 65.9 Å². The van der Waals surface area contributed by atoms with Crippen molar-refractivity contribution >= 4 is 21.9 Å². The summed E-state index contributed by atoms with van der Waals surface area (Å²) in [5, 5.41) is 11.2. The van der Waals surface area contributed by atoms with Gasteiger partial charge in [0.05, 0.1) is 17.2 Å². The van der Waals surface area contributed by atoms with Gasteiger partial charge in [0, 0.05) is 46.0 Å². The Morgan fingerprint density at radius 3 is 1.50 bits per heavy atom. The van der Waals surface area contributed by atoms with Crippen LogP contribution in [0.5, 0.6) is 0 Å². The minimum atomic E-state index is -3.14. The van der Waals surface area contributed by atoms with Crippen molar-refractivity contribution in [2.75, 3.05) is 0 Å².